The number of thiazole rings is 1. The number of aliphatic hydroxyl groups excluding tert-OH is 1. The number of aromatic carboxylic acids is 1. The number of hydrogen-bond donors (Lipinski definition) is 2. The summed E-state index contributed by atoms with van der Waals surface area (Å²) in [4.78, 5) is 15.2. The van der Waals surface area contributed by atoms with Crippen molar-refractivity contribution in [1.29, 1.82) is 0 Å². The molecule has 2 aromatic rings. The monoisotopic (exact) mass is 497 g/mol. The Morgan fingerprint density at radius 3 is 2.72 bits per heavy atom. The highest BCUT2D eigenvalue weighted by Crippen LogP contribution is 2.43. The highest BCUT2D eigenvalue weighted by Gasteiger charge is 2.41. The Hall–Kier alpha value is -1.12. The van der Waals surface area contributed by atoms with Gasteiger partial charge >= 0.3 is 5.97 Å². The quantitative estimate of drug-likeness (QED) is 0.274. The van der Waals surface area contributed by atoms with Crippen LogP contribution < -0.4 is 0 Å². The molecular formula is C24H32ClNO4S2. The Kier molecular flexibility index (Phi) is 9.86. The second-order valence-corrected chi connectivity index (χ2v) is 11.1. The molecule has 1 heterocycles. The molecule has 0 radical (unpaired) electrons. The zero-order chi connectivity index (χ0) is 23.1. The minimum atomic E-state index is -0.982. The maximum atomic E-state index is 11.0. The first-order valence-corrected chi connectivity index (χ1v) is 13.5. The van der Waals surface area contributed by atoms with E-state index in [1.54, 1.807) is 24.3 Å². The molecule has 2 N–H and O–H groups in total. The van der Waals surface area contributed by atoms with Crippen LogP contribution in [0.1, 0.15) is 66.7 Å². The number of aryl methyl sites for hydroxylation is 1. The van der Waals surface area contributed by atoms with Crippen LogP contribution in [0.5, 0.6) is 0 Å². The highest BCUT2D eigenvalue weighted by atomic mass is 35.5. The van der Waals surface area contributed by atoms with Crippen LogP contribution in [0.2, 0.25) is 0 Å². The molecule has 0 bridgehead atoms. The summed E-state index contributed by atoms with van der Waals surface area (Å²) in [6.45, 7) is 2.08. The number of methoxy groups -OCH3 is 1. The first-order valence-electron chi connectivity index (χ1n) is 11.2. The van der Waals surface area contributed by atoms with Crippen molar-refractivity contribution >= 4 is 40.7 Å². The van der Waals surface area contributed by atoms with Gasteiger partial charge in [-0.1, -0.05) is 49.4 Å². The summed E-state index contributed by atoms with van der Waals surface area (Å²) < 4.78 is 6.45. The molecular weight excluding hydrogens is 466 g/mol. The maximum absolute atomic E-state index is 11.0. The van der Waals surface area contributed by atoms with Crippen molar-refractivity contribution in [2.45, 2.75) is 67.4 Å². The Morgan fingerprint density at radius 1 is 1.34 bits per heavy atom. The Labute approximate surface area is 203 Å². The molecule has 3 rings (SSSR count). The zero-order valence-corrected chi connectivity index (χ0v) is 21.0. The van der Waals surface area contributed by atoms with E-state index in [0.717, 1.165) is 54.2 Å². The molecule has 0 amide bonds. The van der Waals surface area contributed by atoms with Gasteiger partial charge in [0.05, 0.1) is 17.6 Å². The third-order valence-corrected chi connectivity index (χ3v) is 8.98. The lowest BCUT2D eigenvalue weighted by Gasteiger charge is -2.22. The van der Waals surface area contributed by atoms with E-state index >= 15 is 0 Å². The number of hydrogen-bond acceptors (Lipinski definition) is 6. The lowest BCUT2D eigenvalue weighted by Crippen LogP contribution is -2.23. The van der Waals surface area contributed by atoms with Crippen LogP contribution in [0.15, 0.2) is 34.0 Å². The van der Waals surface area contributed by atoms with E-state index in [-0.39, 0.29) is 23.3 Å². The van der Waals surface area contributed by atoms with Crippen LogP contribution in [0.25, 0.3) is 0 Å². The number of halogens is 1. The van der Waals surface area contributed by atoms with Crippen LogP contribution in [-0.4, -0.2) is 45.5 Å². The fourth-order valence-corrected chi connectivity index (χ4v) is 6.97. The molecule has 3 unspecified atom stereocenters. The number of carbonyl (C=O) groups is 1. The van der Waals surface area contributed by atoms with Gasteiger partial charge in [-0.15, -0.1) is 22.9 Å². The van der Waals surface area contributed by atoms with Gasteiger partial charge in [0.1, 0.15) is 0 Å². The van der Waals surface area contributed by atoms with Crippen molar-refractivity contribution in [1.82, 2.24) is 4.98 Å². The summed E-state index contributed by atoms with van der Waals surface area (Å²) in [6.07, 6.45) is 5.34. The zero-order valence-electron chi connectivity index (χ0n) is 18.6. The normalized spacial score (nSPS) is 24.0. The first-order chi connectivity index (χ1) is 15.4. The number of alkyl halides is 1. The molecule has 5 atom stereocenters. The average molecular weight is 498 g/mol. The summed E-state index contributed by atoms with van der Waals surface area (Å²) in [5.41, 5.74) is 2.36. The summed E-state index contributed by atoms with van der Waals surface area (Å²) in [7, 11) is 1.73. The van der Waals surface area contributed by atoms with Gasteiger partial charge in [0, 0.05) is 18.2 Å². The van der Waals surface area contributed by atoms with Crippen LogP contribution in [-0.2, 0) is 11.2 Å². The second kappa shape index (κ2) is 12.4. The van der Waals surface area contributed by atoms with Crippen LogP contribution in [0, 0.1) is 11.8 Å². The average Bonchev–Trinajstić information content (AvgIpc) is 3.38. The SMILES string of the molecule is CCCC(O)c1ccc(CC[C@H]2C(Cl)C(OC)C[C@@H]2CCSc2nc(C(=O)O)cs2)cc1. The first kappa shape index (κ1) is 25.5. The molecule has 1 fully saturated rings. The fraction of sp³-hybridized carbons (Fsp3) is 0.583. The van der Waals surface area contributed by atoms with Gasteiger partial charge in [0.25, 0.3) is 0 Å². The van der Waals surface area contributed by atoms with Gasteiger partial charge in [-0.2, -0.15) is 0 Å². The predicted molar refractivity (Wildman–Crippen MR) is 131 cm³/mol. The van der Waals surface area contributed by atoms with E-state index in [0.29, 0.717) is 11.8 Å². The second-order valence-electron chi connectivity index (χ2n) is 8.40. The molecule has 0 spiro atoms. The number of thioether (sulfide) groups is 1. The van der Waals surface area contributed by atoms with Gasteiger partial charge in [-0.25, -0.2) is 9.78 Å². The van der Waals surface area contributed by atoms with E-state index in [1.165, 1.54) is 16.9 Å². The molecule has 32 heavy (non-hydrogen) atoms. The smallest absolute Gasteiger partial charge is 0.355 e. The molecule has 1 aliphatic rings. The molecule has 176 valence electrons. The Bertz CT molecular complexity index is 860. The summed E-state index contributed by atoms with van der Waals surface area (Å²) >= 11 is 9.80. The van der Waals surface area contributed by atoms with Crippen molar-refractivity contribution in [2.75, 3.05) is 12.9 Å². The van der Waals surface area contributed by atoms with Crippen molar-refractivity contribution in [2.24, 2.45) is 11.8 Å². The van der Waals surface area contributed by atoms with Gasteiger partial charge in [0.2, 0.25) is 0 Å². The summed E-state index contributed by atoms with van der Waals surface area (Å²) in [5.74, 6) is 0.750. The van der Waals surface area contributed by atoms with Crippen LogP contribution in [0.3, 0.4) is 0 Å². The Balaban J connectivity index is 1.54. The number of aromatic nitrogens is 1. The maximum Gasteiger partial charge on any atom is 0.355 e. The lowest BCUT2D eigenvalue weighted by atomic mass is 9.88. The molecule has 0 saturated heterocycles. The van der Waals surface area contributed by atoms with E-state index in [2.05, 4.69) is 24.0 Å². The third-order valence-electron chi connectivity index (χ3n) is 6.32. The van der Waals surface area contributed by atoms with Gasteiger partial charge < -0.3 is 14.9 Å². The minimum Gasteiger partial charge on any atom is -0.476 e. The number of aliphatic hydroxyl groups is 1. The molecule has 1 aromatic heterocycles. The minimum absolute atomic E-state index is 0.000810. The van der Waals surface area contributed by atoms with E-state index in [4.69, 9.17) is 21.4 Å². The predicted octanol–water partition coefficient (Wildman–Crippen LogP) is 6.05. The van der Waals surface area contributed by atoms with Gasteiger partial charge in [0.15, 0.2) is 10.0 Å². The van der Waals surface area contributed by atoms with Crippen LogP contribution >= 0.6 is 34.7 Å². The number of ether oxygens (including phenoxy) is 1. The number of benzene rings is 1. The molecule has 1 saturated carbocycles. The van der Waals surface area contributed by atoms with E-state index < -0.39 is 5.97 Å². The van der Waals surface area contributed by atoms with Gasteiger partial charge in [-0.3, -0.25) is 0 Å². The van der Waals surface area contributed by atoms with Crippen molar-refractivity contribution in [3.63, 3.8) is 0 Å². The van der Waals surface area contributed by atoms with Crippen molar-refractivity contribution in [3.8, 4) is 0 Å². The molecule has 1 aromatic carbocycles. The number of nitrogens with zero attached hydrogens (tertiary/aromatic N) is 1. The third kappa shape index (κ3) is 6.70. The highest BCUT2D eigenvalue weighted by molar-refractivity contribution is 8.01. The van der Waals surface area contributed by atoms with Gasteiger partial charge in [-0.05, 0) is 55.1 Å². The number of rotatable bonds is 12. The molecule has 5 nitrogen and oxygen atoms in total. The number of carboxylic acids is 1. The number of carboxylic acid groups (broad SMARTS) is 1. The van der Waals surface area contributed by atoms with E-state index in [9.17, 15) is 9.90 Å². The topological polar surface area (TPSA) is 79.7 Å². The van der Waals surface area contributed by atoms with Crippen molar-refractivity contribution < 1.29 is 19.7 Å². The Morgan fingerprint density at radius 2 is 2.09 bits per heavy atom. The fourth-order valence-electron chi connectivity index (χ4n) is 4.49. The van der Waals surface area contributed by atoms with Crippen molar-refractivity contribution in [3.05, 3.63) is 46.5 Å². The summed E-state index contributed by atoms with van der Waals surface area (Å²) in [5, 5.41) is 20.8. The molecule has 8 heteroatoms. The van der Waals surface area contributed by atoms with E-state index in [1.807, 2.05) is 12.1 Å². The van der Waals surface area contributed by atoms with Crippen LogP contribution in [0.4, 0.5) is 0 Å². The molecule has 0 aliphatic heterocycles. The standard InChI is InChI=1S/C24H32ClNO4S2/c1-3-4-20(27)16-8-5-15(6-9-16)7-10-18-17(13-21(30-2)22(18)25)11-12-31-24-26-19(14-32-24)23(28)29/h5-6,8-9,14,17-18,20-22,27H,3-4,7,10-13H2,1-2H3,(H,28,29)/t17-,18+,20?,21?,22?/m0/s1. The largest absolute Gasteiger partial charge is 0.476 e. The summed E-state index contributed by atoms with van der Waals surface area (Å²) in [6, 6.07) is 8.31. The molecule has 1 aliphatic carbocycles. The lowest BCUT2D eigenvalue weighted by molar-refractivity contribution is 0.0690.